The topological polar surface area (TPSA) is 78.8 Å². The Hall–Kier alpha value is -2.19. The van der Waals surface area contributed by atoms with Crippen LogP contribution in [-0.2, 0) is 11.3 Å². The zero-order valence-corrected chi connectivity index (χ0v) is 15.2. The van der Waals surface area contributed by atoms with Gasteiger partial charge < -0.3 is 4.74 Å². The number of ether oxygens (including phenoxy) is 1. The molecule has 0 saturated heterocycles. The maximum absolute atomic E-state index is 12.7. The van der Waals surface area contributed by atoms with E-state index in [4.69, 9.17) is 15.3 Å². The molecule has 0 aromatic carbocycles. The van der Waals surface area contributed by atoms with Crippen molar-refractivity contribution in [2.45, 2.75) is 26.8 Å². The van der Waals surface area contributed by atoms with Crippen molar-refractivity contribution in [3.05, 3.63) is 41.4 Å². The minimum Gasteiger partial charge on any atom is -0.382 e. The van der Waals surface area contributed by atoms with Gasteiger partial charge in [-0.25, -0.2) is 0 Å². The molecular formula is C17H17N3O2S2. The number of nitrogens with zero attached hydrogens (tertiary/aromatic N) is 3. The second kappa shape index (κ2) is 8.60. The highest BCUT2D eigenvalue weighted by Gasteiger charge is 2.09. The van der Waals surface area contributed by atoms with Gasteiger partial charge in [0.15, 0.2) is 5.57 Å². The van der Waals surface area contributed by atoms with Crippen LogP contribution >= 0.6 is 22.7 Å². The zero-order valence-electron chi connectivity index (χ0n) is 13.5. The van der Waals surface area contributed by atoms with Crippen LogP contribution in [0.2, 0.25) is 0 Å². The maximum Gasteiger partial charge on any atom is 0.269 e. The molecule has 124 valence electrons. The summed E-state index contributed by atoms with van der Waals surface area (Å²) in [6.45, 7) is 5.50. The van der Waals surface area contributed by atoms with Crippen LogP contribution in [0, 0.1) is 29.6 Å². The summed E-state index contributed by atoms with van der Waals surface area (Å²) in [6.07, 6.45) is 2.47. The number of thiophene rings is 1. The molecule has 2 aromatic rings. The van der Waals surface area contributed by atoms with Gasteiger partial charge >= 0.3 is 0 Å². The molecule has 0 amide bonds. The molecule has 0 aliphatic carbocycles. The van der Waals surface area contributed by atoms with E-state index in [1.54, 1.807) is 11.3 Å². The van der Waals surface area contributed by atoms with E-state index in [9.17, 15) is 4.79 Å². The summed E-state index contributed by atoms with van der Waals surface area (Å²) in [4.78, 5) is 14.8. The monoisotopic (exact) mass is 359 g/mol. The molecule has 0 unspecified atom stereocenters. The van der Waals surface area contributed by atoms with Crippen LogP contribution in [0.3, 0.4) is 0 Å². The Bertz CT molecular complexity index is 951. The highest BCUT2D eigenvalue weighted by atomic mass is 32.1. The Balaban J connectivity index is 2.55. The number of nitriles is 2. The standard InChI is InChI=1S/C17H17N3O2S2/c1-3-22-8-4-7-20-16(21)15(9-14-6-5-12(2)23-14)24-17(20)13(10-18)11-19/h5-6,9H,3-4,7-8H2,1-2H3/b15-9+. The normalized spacial score (nSPS) is 11.2. The van der Waals surface area contributed by atoms with Gasteiger partial charge in [-0.05, 0) is 38.5 Å². The quantitative estimate of drug-likeness (QED) is 0.736. The van der Waals surface area contributed by atoms with Gasteiger partial charge in [0, 0.05) is 29.5 Å². The molecule has 0 saturated carbocycles. The van der Waals surface area contributed by atoms with Gasteiger partial charge in [-0.15, -0.1) is 22.7 Å². The van der Waals surface area contributed by atoms with Crippen LogP contribution in [0.1, 0.15) is 23.1 Å². The van der Waals surface area contributed by atoms with Crippen LogP contribution in [0.15, 0.2) is 16.9 Å². The van der Waals surface area contributed by atoms with Crippen molar-refractivity contribution in [1.82, 2.24) is 4.57 Å². The summed E-state index contributed by atoms with van der Waals surface area (Å²) < 4.78 is 7.76. The molecule has 2 rings (SSSR count). The molecular weight excluding hydrogens is 342 g/mol. The second-order valence-corrected chi connectivity index (χ2v) is 7.32. The number of rotatable bonds is 6. The molecule has 7 heteroatoms. The smallest absolute Gasteiger partial charge is 0.269 e. The van der Waals surface area contributed by atoms with Gasteiger partial charge in [-0.1, -0.05) is 0 Å². The predicted octanol–water partition coefficient (Wildman–Crippen LogP) is 1.73. The van der Waals surface area contributed by atoms with Crippen LogP contribution in [0.4, 0.5) is 0 Å². The van der Waals surface area contributed by atoms with Gasteiger partial charge in [0.25, 0.3) is 5.56 Å². The van der Waals surface area contributed by atoms with E-state index in [0.717, 1.165) is 9.75 Å². The average Bonchev–Trinajstić information content (AvgIpc) is 3.11. The molecule has 0 spiro atoms. The van der Waals surface area contributed by atoms with E-state index in [0.29, 0.717) is 35.4 Å². The third-order valence-corrected chi connectivity index (χ3v) is 5.33. The van der Waals surface area contributed by atoms with E-state index in [2.05, 4.69) is 0 Å². The molecule has 0 radical (unpaired) electrons. The first-order valence-electron chi connectivity index (χ1n) is 7.50. The molecule has 0 N–H and O–H groups in total. The number of thiazole rings is 1. The molecule has 0 atom stereocenters. The Morgan fingerprint density at radius 2 is 2.08 bits per heavy atom. The lowest BCUT2D eigenvalue weighted by Crippen LogP contribution is -2.32. The minimum atomic E-state index is -0.166. The highest BCUT2D eigenvalue weighted by molar-refractivity contribution is 7.13. The first-order chi connectivity index (χ1) is 11.6. The van der Waals surface area contributed by atoms with E-state index >= 15 is 0 Å². The average molecular weight is 359 g/mol. The van der Waals surface area contributed by atoms with Gasteiger partial charge in [0.1, 0.15) is 16.8 Å². The Kier molecular flexibility index (Phi) is 6.51. The Labute approximate surface area is 148 Å². The fraction of sp³-hybridized carbons (Fsp3) is 0.353. The van der Waals surface area contributed by atoms with Gasteiger partial charge in [-0.2, -0.15) is 10.5 Å². The highest BCUT2D eigenvalue weighted by Crippen LogP contribution is 2.15. The molecule has 0 fully saturated rings. The Morgan fingerprint density at radius 1 is 1.33 bits per heavy atom. The van der Waals surface area contributed by atoms with Crippen LogP contribution in [0.25, 0.3) is 11.6 Å². The summed E-state index contributed by atoms with van der Waals surface area (Å²) in [6, 6.07) is 7.71. The minimum absolute atomic E-state index is 0.0319. The lowest BCUT2D eigenvalue weighted by atomic mass is 10.3. The molecule has 2 heterocycles. The van der Waals surface area contributed by atoms with Crippen molar-refractivity contribution in [2.75, 3.05) is 13.2 Å². The van der Waals surface area contributed by atoms with Crippen molar-refractivity contribution in [3.8, 4) is 12.1 Å². The molecule has 0 bridgehead atoms. The first-order valence-corrected chi connectivity index (χ1v) is 9.14. The maximum atomic E-state index is 12.7. The van der Waals surface area contributed by atoms with E-state index < -0.39 is 0 Å². The number of aromatic nitrogens is 1. The molecule has 0 aliphatic rings. The van der Waals surface area contributed by atoms with Crippen molar-refractivity contribution in [1.29, 1.82) is 10.5 Å². The van der Waals surface area contributed by atoms with Gasteiger partial charge in [0.05, 0.1) is 4.53 Å². The SMILES string of the molecule is CCOCCCn1c(=C(C#N)C#N)s/c(=C/c2ccc(C)s2)c1=O. The van der Waals surface area contributed by atoms with Crippen molar-refractivity contribution >= 4 is 34.3 Å². The third-order valence-electron chi connectivity index (χ3n) is 3.25. The van der Waals surface area contributed by atoms with Gasteiger partial charge in [0.2, 0.25) is 0 Å². The number of hydrogen-bond acceptors (Lipinski definition) is 6. The molecule has 0 aliphatic heterocycles. The van der Waals surface area contributed by atoms with E-state index in [1.165, 1.54) is 15.9 Å². The lowest BCUT2D eigenvalue weighted by molar-refractivity contribution is 0.141. The van der Waals surface area contributed by atoms with Crippen molar-refractivity contribution in [3.63, 3.8) is 0 Å². The van der Waals surface area contributed by atoms with Crippen molar-refractivity contribution < 1.29 is 4.74 Å². The van der Waals surface area contributed by atoms with E-state index in [-0.39, 0.29) is 11.1 Å². The summed E-state index contributed by atoms with van der Waals surface area (Å²) in [7, 11) is 0. The number of hydrogen-bond donors (Lipinski definition) is 0. The van der Waals surface area contributed by atoms with E-state index in [1.807, 2.05) is 44.2 Å². The van der Waals surface area contributed by atoms with Crippen LogP contribution in [0.5, 0.6) is 0 Å². The third kappa shape index (κ3) is 4.21. The van der Waals surface area contributed by atoms with Crippen molar-refractivity contribution in [2.24, 2.45) is 0 Å². The zero-order chi connectivity index (χ0) is 17.5. The molecule has 5 nitrogen and oxygen atoms in total. The molecule has 2 aromatic heterocycles. The summed E-state index contributed by atoms with van der Waals surface area (Å²) in [5.74, 6) is 0. The summed E-state index contributed by atoms with van der Waals surface area (Å²) in [5, 5.41) is 18.3. The number of aryl methyl sites for hydroxylation is 1. The van der Waals surface area contributed by atoms with Crippen LogP contribution < -0.4 is 14.8 Å². The first kappa shape index (κ1) is 18.2. The molecule has 24 heavy (non-hydrogen) atoms. The Morgan fingerprint density at radius 3 is 2.67 bits per heavy atom. The summed E-state index contributed by atoms with van der Waals surface area (Å²) in [5.41, 5.74) is -0.198. The second-order valence-electron chi connectivity index (χ2n) is 4.97. The summed E-state index contributed by atoms with van der Waals surface area (Å²) >= 11 is 2.79. The van der Waals surface area contributed by atoms with Gasteiger partial charge in [-0.3, -0.25) is 9.36 Å². The van der Waals surface area contributed by atoms with Crippen LogP contribution in [-0.4, -0.2) is 17.8 Å². The largest absolute Gasteiger partial charge is 0.382 e. The lowest BCUT2D eigenvalue weighted by Gasteiger charge is -2.02. The fourth-order valence-electron chi connectivity index (χ4n) is 2.16. The predicted molar refractivity (Wildman–Crippen MR) is 96.2 cm³/mol. The fourth-order valence-corrected chi connectivity index (χ4v) is 4.12.